The van der Waals surface area contributed by atoms with Gasteiger partial charge >= 0.3 is 0 Å². The molecule has 0 saturated carbocycles. The van der Waals surface area contributed by atoms with Crippen LogP contribution in [0.15, 0.2) is 23.9 Å². The van der Waals surface area contributed by atoms with Crippen molar-refractivity contribution in [1.82, 2.24) is 0 Å². The topological polar surface area (TPSA) is 70.8 Å². The maximum absolute atomic E-state index is 11.8. The molecule has 2 heterocycles. The first-order valence-electron chi connectivity index (χ1n) is 6.19. The summed E-state index contributed by atoms with van der Waals surface area (Å²) in [5, 5.41) is 0. The third kappa shape index (κ3) is 2.80. The molecule has 100 valence electrons. The summed E-state index contributed by atoms with van der Waals surface area (Å²) in [7, 11) is 0. The van der Waals surface area contributed by atoms with Crippen LogP contribution < -0.4 is 5.73 Å². The minimum absolute atomic E-state index is 0.00792. The van der Waals surface area contributed by atoms with Gasteiger partial charge in [0.1, 0.15) is 18.8 Å². The number of rotatable bonds is 5. The van der Waals surface area contributed by atoms with E-state index >= 15 is 0 Å². The smallest absolute Gasteiger partial charge is 0.189 e. The van der Waals surface area contributed by atoms with Crippen LogP contribution in [0.1, 0.15) is 13.3 Å². The zero-order chi connectivity index (χ0) is 13.0. The first kappa shape index (κ1) is 13.3. The van der Waals surface area contributed by atoms with E-state index in [0.717, 1.165) is 6.42 Å². The lowest BCUT2D eigenvalue weighted by atomic mass is 10.1. The zero-order valence-electron chi connectivity index (χ0n) is 10.5. The maximum Gasteiger partial charge on any atom is 0.189 e. The molecule has 2 aliphatic rings. The van der Waals surface area contributed by atoms with Gasteiger partial charge in [-0.15, -0.1) is 0 Å². The molecule has 5 nitrogen and oxygen atoms in total. The number of ketones is 1. The lowest BCUT2D eigenvalue weighted by Gasteiger charge is -2.16. The summed E-state index contributed by atoms with van der Waals surface area (Å²) >= 11 is 0. The molecular weight excluding hydrogens is 234 g/mol. The highest BCUT2D eigenvalue weighted by atomic mass is 16.6. The summed E-state index contributed by atoms with van der Waals surface area (Å²) < 4.78 is 16.7. The minimum atomic E-state index is -0.147. The normalized spacial score (nSPS) is 32.1. The van der Waals surface area contributed by atoms with E-state index in [1.807, 2.05) is 6.92 Å². The van der Waals surface area contributed by atoms with Crippen molar-refractivity contribution in [3.8, 4) is 0 Å². The fraction of sp³-hybridized carbons (Fsp3) is 0.615. The lowest BCUT2D eigenvalue weighted by Crippen LogP contribution is -2.32. The van der Waals surface area contributed by atoms with Crippen LogP contribution in [0.4, 0.5) is 0 Å². The second-order valence-corrected chi connectivity index (χ2v) is 4.39. The van der Waals surface area contributed by atoms with Gasteiger partial charge in [-0.1, -0.05) is 12.2 Å². The van der Waals surface area contributed by atoms with Crippen LogP contribution in [-0.4, -0.2) is 43.9 Å². The van der Waals surface area contributed by atoms with Gasteiger partial charge in [0.2, 0.25) is 0 Å². The summed E-state index contributed by atoms with van der Waals surface area (Å²) in [5.74, 6) is -0.128. The molecule has 0 aliphatic carbocycles. The second kappa shape index (κ2) is 6.13. The van der Waals surface area contributed by atoms with Gasteiger partial charge in [0, 0.05) is 18.4 Å². The third-order valence-corrected chi connectivity index (χ3v) is 3.20. The average molecular weight is 253 g/mol. The van der Waals surface area contributed by atoms with Crippen molar-refractivity contribution in [3.05, 3.63) is 23.9 Å². The molecule has 0 amide bonds. The molecule has 0 bridgehead atoms. The molecule has 2 fully saturated rings. The van der Waals surface area contributed by atoms with Crippen molar-refractivity contribution in [2.45, 2.75) is 31.7 Å². The molecule has 2 saturated heterocycles. The fourth-order valence-electron chi connectivity index (χ4n) is 2.26. The molecular formula is C13H19NO4. The minimum Gasteiger partial charge on any atom is -0.404 e. The molecule has 0 radical (unpaired) electrons. The van der Waals surface area contributed by atoms with Crippen molar-refractivity contribution >= 4 is 5.78 Å². The predicted octanol–water partition coefficient (Wildman–Crippen LogP) is 0.547. The van der Waals surface area contributed by atoms with Crippen LogP contribution in [-0.2, 0) is 19.0 Å². The number of hydrogen-bond donors (Lipinski definition) is 1. The number of fused-ring (bicyclic) bond motifs is 1. The highest BCUT2D eigenvalue weighted by Crippen LogP contribution is 2.28. The molecule has 0 spiro atoms. The number of allylic oxidation sites excluding steroid dienone is 2. The Kier molecular flexibility index (Phi) is 4.52. The molecule has 0 aromatic heterocycles. The fourth-order valence-corrected chi connectivity index (χ4v) is 2.26. The quantitative estimate of drug-likeness (QED) is 0.572. The average Bonchev–Trinajstić information content (AvgIpc) is 2.96. The van der Waals surface area contributed by atoms with Crippen LogP contribution in [0.25, 0.3) is 0 Å². The van der Waals surface area contributed by atoms with E-state index in [1.54, 1.807) is 12.2 Å². The summed E-state index contributed by atoms with van der Waals surface area (Å²) in [6, 6.07) is 0. The summed E-state index contributed by atoms with van der Waals surface area (Å²) in [4.78, 5) is 11.8. The standard InChI is InChI=1S/C13H19NO4/c1-2-3-9(6-14)10(15)7-17-12-8-18-11-4-5-16-13(11)12/h2-3,6,11-13H,4-5,7-8,14H2,1H3/b3-2-,9-6+/t11?,12-,13?/m1/s1. The monoisotopic (exact) mass is 253 g/mol. The van der Waals surface area contributed by atoms with Gasteiger partial charge in [-0.2, -0.15) is 0 Å². The summed E-state index contributed by atoms with van der Waals surface area (Å²) in [5.41, 5.74) is 5.85. The Morgan fingerprint density at radius 3 is 3.06 bits per heavy atom. The van der Waals surface area contributed by atoms with E-state index < -0.39 is 0 Å². The number of ether oxygens (including phenoxy) is 3. The van der Waals surface area contributed by atoms with Gasteiger partial charge in [-0.05, 0) is 13.3 Å². The van der Waals surface area contributed by atoms with Crippen molar-refractivity contribution in [3.63, 3.8) is 0 Å². The SMILES string of the molecule is C/C=C\C(=C/N)C(=O)CO[C@@H]1COC2CCOC21. The maximum atomic E-state index is 11.8. The van der Waals surface area contributed by atoms with Gasteiger partial charge in [-0.3, -0.25) is 4.79 Å². The Hall–Kier alpha value is -1.17. The van der Waals surface area contributed by atoms with Crippen LogP contribution in [0.3, 0.4) is 0 Å². The van der Waals surface area contributed by atoms with Gasteiger partial charge in [0.05, 0.1) is 12.7 Å². The first-order valence-corrected chi connectivity index (χ1v) is 6.19. The third-order valence-electron chi connectivity index (χ3n) is 3.20. The molecule has 2 rings (SSSR count). The Bertz CT molecular complexity index is 364. The molecule has 2 unspecified atom stereocenters. The van der Waals surface area contributed by atoms with E-state index in [4.69, 9.17) is 19.9 Å². The first-order chi connectivity index (χ1) is 8.76. The van der Waals surface area contributed by atoms with Crippen molar-refractivity contribution in [1.29, 1.82) is 0 Å². The van der Waals surface area contributed by atoms with E-state index in [9.17, 15) is 4.79 Å². The Morgan fingerprint density at radius 1 is 1.50 bits per heavy atom. The molecule has 2 N–H and O–H groups in total. The number of carbonyl (C=O) groups excluding carboxylic acids is 1. The predicted molar refractivity (Wildman–Crippen MR) is 65.9 cm³/mol. The second-order valence-electron chi connectivity index (χ2n) is 4.39. The van der Waals surface area contributed by atoms with E-state index in [-0.39, 0.29) is 30.7 Å². The van der Waals surface area contributed by atoms with E-state index in [2.05, 4.69) is 0 Å². The molecule has 18 heavy (non-hydrogen) atoms. The van der Waals surface area contributed by atoms with Crippen LogP contribution in [0.5, 0.6) is 0 Å². The summed E-state index contributed by atoms with van der Waals surface area (Å²) in [6.07, 6.45) is 5.61. The van der Waals surface area contributed by atoms with Gasteiger partial charge in [-0.25, -0.2) is 0 Å². The number of hydrogen-bond acceptors (Lipinski definition) is 5. The Morgan fingerprint density at radius 2 is 2.33 bits per heavy atom. The zero-order valence-corrected chi connectivity index (χ0v) is 10.5. The number of nitrogens with two attached hydrogens (primary N) is 1. The molecule has 0 aromatic carbocycles. The van der Waals surface area contributed by atoms with Crippen molar-refractivity contribution in [2.24, 2.45) is 5.73 Å². The van der Waals surface area contributed by atoms with E-state index in [0.29, 0.717) is 18.8 Å². The van der Waals surface area contributed by atoms with Gasteiger partial charge in [0.15, 0.2) is 5.78 Å². The Labute approximate surface area is 107 Å². The summed E-state index contributed by atoms with van der Waals surface area (Å²) in [6.45, 7) is 3.04. The van der Waals surface area contributed by atoms with Crippen molar-refractivity contribution < 1.29 is 19.0 Å². The molecule has 5 heteroatoms. The van der Waals surface area contributed by atoms with Gasteiger partial charge < -0.3 is 19.9 Å². The largest absolute Gasteiger partial charge is 0.404 e. The lowest BCUT2D eigenvalue weighted by molar-refractivity contribution is -0.123. The number of carbonyl (C=O) groups is 1. The molecule has 2 aliphatic heterocycles. The van der Waals surface area contributed by atoms with Crippen LogP contribution in [0, 0.1) is 0 Å². The molecule has 0 aromatic rings. The van der Waals surface area contributed by atoms with E-state index in [1.165, 1.54) is 6.20 Å². The highest BCUT2D eigenvalue weighted by Gasteiger charge is 2.42. The van der Waals surface area contributed by atoms with Gasteiger partial charge in [0.25, 0.3) is 0 Å². The highest BCUT2D eigenvalue weighted by molar-refractivity contribution is 5.98. The Balaban J connectivity index is 1.83. The molecule has 3 atom stereocenters. The van der Waals surface area contributed by atoms with Crippen LogP contribution >= 0.6 is 0 Å². The number of Topliss-reactive ketones (excluding diaryl/α,β-unsaturated/α-hetero) is 1. The van der Waals surface area contributed by atoms with Crippen molar-refractivity contribution in [2.75, 3.05) is 19.8 Å². The van der Waals surface area contributed by atoms with Crippen LogP contribution in [0.2, 0.25) is 0 Å².